The molecule has 0 bridgehead atoms. The topological polar surface area (TPSA) is 94.5 Å². The van der Waals surface area contributed by atoms with Crippen molar-refractivity contribution in [3.63, 3.8) is 0 Å². The molecule has 0 aliphatic carbocycles. The zero-order valence-corrected chi connectivity index (χ0v) is 18.2. The van der Waals surface area contributed by atoms with Gasteiger partial charge in [-0.3, -0.25) is 0 Å². The molecule has 0 fully saturated rings. The fraction of sp³-hybridized carbons (Fsp3) is 0.294. The Morgan fingerprint density at radius 2 is 1.97 bits per heavy atom. The molecule has 0 spiro atoms. The number of aryl methyl sites for hydroxylation is 2. The Labute approximate surface area is 178 Å². The summed E-state index contributed by atoms with van der Waals surface area (Å²) in [4.78, 5) is 10.7. The van der Waals surface area contributed by atoms with Gasteiger partial charge >= 0.3 is 6.18 Å². The number of rotatable bonds is 5. The van der Waals surface area contributed by atoms with Gasteiger partial charge in [0.15, 0.2) is 15.9 Å². The van der Waals surface area contributed by atoms with Crippen molar-refractivity contribution in [3.05, 3.63) is 56.7 Å². The van der Waals surface area contributed by atoms with Crippen molar-refractivity contribution in [1.82, 2.24) is 15.0 Å². The van der Waals surface area contributed by atoms with Gasteiger partial charge < -0.3 is 10.3 Å². The van der Waals surface area contributed by atoms with Crippen LogP contribution in [0.25, 0.3) is 0 Å². The average Bonchev–Trinajstić information content (AvgIpc) is 3.17. The van der Waals surface area contributed by atoms with Gasteiger partial charge in [0.2, 0.25) is 0 Å². The molecule has 162 valence electrons. The molecule has 6 nitrogen and oxygen atoms in total. The molecule has 2 atom stereocenters. The van der Waals surface area contributed by atoms with E-state index in [1.807, 2.05) is 0 Å². The van der Waals surface area contributed by atoms with E-state index in [0.29, 0.717) is 11.3 Å². The molecular formula is C17H16ClF4N5OS2. The maximum Gasteiger partial charge on any atom is 0.434 e. The Hall–Kier alpha value is -2.18. The number of hydrogen-bond acceptors (Lipinski definition) is 6. The van der Waals surface area contributed by atoms with Crippen LogP contribution in [-0.2, 0) is 15.9 Å². The van der Waals surface area contributed by atoms with Crippen LogP contribution >= 0.6 is 22.9 Å². The third kappa shape index (κ3) is 4.60. The smallest absolute Gasteiger partial charge is 0.348 e. The molecule has 3 N–H and O–H groups in total. The number of alkyl halides is 3. The number of aromatic amines is 1. The summed E-state index contributed by atoms with van der Waals surface area (Å²) in [7, 11) is -3.16. The number of nitrogens with one attached hydrogen (secondary N) is 3. The van der Waals surface area contributed by atoms with Gasteiger partial charge in [-0.1, -0.05) is 17.7 Å². The molecule has 2 aromatic heterocycles. The van der Waals surface area contributed by atoms with Crippen molar-refractivity contribution in [2.24, 2.45) is 0 Å². The third-order valence-corrected chi connectivity index (χ3v) is 6.44. The van der Waals surface area contributed by atoms with Crippen molar-refractivity contribution in [1.29, 1.82) is 4.78 Å². The number of thiazole rings is 1. The number of H-pyrrole nitrogens is 1. The largest absolute Gasteiger partial charge is 0.434 e. The maximum absolute atomic E-state index is 13.6. The highest BCUT2D eigenvalue weighted by molar-refractivity contribution is 7.91. The van der Waals surface area contributed by atoms with Crippen LogP contribution in [0.3, 0.4) is 0 Å². The molecule has 0 unspecified atom stereocenters. The molecule has 0 saturated carbocycles. The van der Waals surface area contributed by atoms with E-state index in [1.165, 1.54) is 25.3 Å². The third-order valence-electron chi connectivity index (χ3n) is 4.11. The number of benzene rings is 1. The summed E-state index contributed by atoms with van der Waals surface area (Å²) < 4.78 is 72.9. The molecule has 2 heterocycles. The molecule has 0 aliphatic heterocycles. The minimum atomic E-state index is -4.61. The van der Waals surface area contributed by atoms with Gasteiger partial charge in [0, 0.05) is 16.8 Å². The number of imidazole rings is 1. The highest BCUT2D eigenvalue weighted by atomic mass is 35.5. The second-order valence-corrected chi connectivity index (χ2v) is 10.3. The Bertz CT molecular complexity index is 1200. The molecule has 3 aromatic rings. The summed E-state index contributed by atoms with van der Waals surface area (Å²) in [6.45, 7) is 2.88. The number of nitrogens with zero attached hydrogens (tertiary/aromatic N) is 2. The van der Waals surface area contributed by atoms with Crippen LogP contribution in [0.15, 0.2) is 23.2 Å². The zero-order chi connectivity index (χ0) is 22.4. The normalized spacial score (nSPS) is 15.1. The highest BCUT2D eigenvalue weighted by Gasteiger charge is 2.36. The van der Waals surface area contributed by atoms with E-state index in [0.717, 1.165) is 17.4 Å². The first kappa shape index (κ1) is 22.5. The second kappa shape index (κ2) is 7.82. The van der Waals surface area contributed by atoms with E-state index in [1.54, 1.807) is 6.92 Å². The summed E-state index contributed by atoms with van der Waals surface area (Å²) >= 11 is 6.67. The fourth-order valence-electron chi connectivity index (χ4n) is 2.83. The molecule has 1 aromatic carbocycles. The summed E-state index contributed by atoms with van der Waals surface area (Å²) in [6.07, 6.45) is -3.40. The van der Waals surface area contributed by atoms with Gasteiger partial charge in [0.25, 0.3) is 0 Å². The van der Waals surface area contributed by atoms with Crippen molar-refractivity contribution in [3.8, 4) is 0 Å². The number of hydrogen-bond donors (Lipinski definition) is 3. The molecule has 0 saturated heterocycles. The molecule has 0 amide bonds. The van der Waals surface area contributed by atoms with E-state index in [4.69, 9.17) is 16.4 Å². The molecule has 3 rings (SSSR count). The Balaban J connectivity index is 2.11. The molecule has 30 heavy (non-hydrogen) atoms. The van der Waals surface area contributed by atoms with Crippen LogP contribution in [0.5, 0.6) is 0 Å². The van der Waals surface area contributed by atoms with E-state index in [2.05, 4.69) is 20.3 Å². The van der Waals surface area contributed by atoms with E-state index >= 15 is 0 Å². The minimum absolute atomic E-state index is 0.0174. The minimum Gasteiger partial charge on any atom is -0.348 e. The van der Waals surface area contributed by atoms with Gasteiger partial charge in [-0.15, -0.1) is 11.3 Å². The molecule has 0 radical (unpaired) electrons. The summed E-state index contributed by atoms with van der Waals surface area (Å²) in [5.41, 5.74) is -0.251. The van der Waals surface area contributed by atoms with Gasteiger partial charge in [-0.2, -0.15) is 13.2 Å². The zero-order valence-electron chi connectivity index (χ0n) is 15.8. The number of anilines is 1. The maximum atomic E-state index is 13.6. The first-order chi connectivity index (χ1) is 13.8. The second-order valence-electron chi connectivity index (χ2n) is 6.57. The standard InChI is InChI=1S/C17H16ClF4N5OS2/c1-7-15(30(3,23)28)27-14(24-7)12(9-4-5-11(19)10(18)6-9)25-16-26-13(8(2)29-16)17(20,21)22/h4-6,12,23H,1-3H3,(H,24,27)(H,25,26)/t12-,30+/m0/s1. The molecule has 0 aliphatic rings. The van der Waals surface area contributed by atoms with Crippen LogP contribution in [-0.4, -0.2) is 25.4 Å². The monoisotopic (exact) mass is 481 g/mol. The first-order valence-electron chi connectivity index (χ1n) is 8.33. The van der Waals surface area contributed by atoms with Gasteiger partial charge in [0.05, 0.1) is 14.8 Å². The average molecular weight is 482 g/mol. The summed E-state index contributed by atoms with van der Waals surface area (Å²) in [5, 5.41) is 2.66. The Morgan fingerprint density at radius 3 is 2.47 bits per heavy atom. The lowest BCUT2D eigenvalue weighted by Crippen LogP contribution is -2.15. The molecule has 13 heteroatoms. The lowest BCUT2D eigenvalue weighted by atomic mass is 10.1. The van der Waals surface area contributed by atoms with Crippen molar-refractivity contribution in [2.45, 2.75) is 31.1 Å². The van der Waals surface area contributed by atoms with Crippen LogP contribution in [0.2, 0.25) is 5.02 Å². The summed E-state index contributed by atoms with van der Waals surface area (Å²) in [6, 6.07) is 2.90. The van der Waals surface area contributed by atoms with E-state index in [9.17, 15) is 21.8 Å². The molecular weight excluding hydrogens is 466 g/mol. The van der Waals surface area contributed by atoms with Crippen molar-refractivity contribution < 1.29 is 21.8 Å². The SMILES string of the molecule is Cc1[nH]c([C@@H](Nc2nc(C(F)(F)F)c(C)s2)c2ccc(F)c(Cl)c2)nc1[S@](C)(=N)=O. The van der Waals surface area contributed by atoms with Crippen LogP contribution in [0.4, 0.5) is 22.7 Å². The van der Waals surface area contributed by atoms with Crippen molar-refractivity contribution in [2.75, 3.05) is 11.6 Å². The quantitative estimate of drug-likeness (QED) is 0.417. The van der Waals surface area contributed by atoms with Crippen LogP contribution in [0.1, 0.15) is 33.7 Å². The predicted molar refractivity (Wildman–Crippen MR) is 107 cm³/mol. The van der Waals surface area contributed by atoms with E-state index < -0.39 is 33.5 Å². The van der Waals surface area contributed by atoms with Gasteiger partial charge in [-0.05, 0) is 31.5 Å². The first-order valence-corrected chi connectivity index (χ1v) is 11.5. The highest BCUT2D eigenvalue weighted by Crippen LogP contribution is 2.37. The number of aromatic nitrogens is 3. The summed E-state index contributed by atoms with van der Waals surface area (Å²) in [5.74, 6) is -0.490. The lowest BCUT2D eigenvalue weighted by Gasteiger charge is -2.17. The number of halogens is 5. The lowest BCUT2D eigenvalue weighted by molar-refractivity contribution is -0.141. The van der Waals surface area contributed by atoms with Crippen molar-refractivity contribution >= 4 is 37.8 Å². The Morgan fingerprint density at radius 1 is 1.30 bits per heavy atom. The Kier molecular flexibility index (Phi) is 5.87. The van der Waals surface area contributed by atoms with Crippen LogP contribution < -0.4 is 5.32 Å². The van der Waals surface area contributed by atoms with Crippen LogP contribution in [0, 0.1) is 24.4 Å². The van der Waals surface area contributed by atoms with Gasteiger partial charge in [-0.25, -0.2) is 23.3 Å². The van der Waals surface area contributed by atoms with Gasteiger partial charge in [0.1, 0.15) is 17.7 Å². The van der Waals surface area contributed by atoms with E-state index in [-0.39, 0.29) is 25.9 Å². The predicted octanol–water partition coefficient (Wildman–Crippen LogP) is 5.53. The fourth-order valence-corrected chi connectivity index (χ4v) is 4.79.